The first-order chi connectivity index (χ1) is 9.61. The Balaban J connectivity index is 1.85. The summed E-state index contributed by atoms with van der Waals surface area (Å²) in [6, 6.07) is 0. The molecule has 1 aliphatic rings. The van der Waals surface area contributed by atoms with E-state index in [1.807, 2.05) is 18.9 Å². The first kappa shape index (κ1) is 15.3. The molecular formula is C14H22ClN3O2. The summed E-state index contributed by atoms with van der Waals surface area (Å²) in [5.41, 5.74) is 1.62. The SMILES string of the molecule is CNCC1CCCN(C(=O)CCc2c(C)noc2Cl)C1. The molecule has 1 N–H and O–H groups in total. The minimum absolute atomic E-state index is 0.197. The van der Waals surface area contributed by atoms with Gasteiger partial charge in [0.1, 0.15) is 0 Å². The standard InChI is InChI=1S/C14H22ClN3O2/c1-10-12(14(15)20-17-10)5-6-13(19)18-7-3-4-11(9-18)8-16-2/h11,16H,3-9H2,1-2H3. The summed E-state index contributed by atoms with van der Waals surface area (Å²) < 4.78 is 4.90. The molecule has 2 heterocycles. The third kappa shape index (κ3) is 3.73. The highest BCUT2D eigenvalue weighted by atomic mass is 35.5. The van der Waals surface area contributed by atoms with Gasteiger partial charge in [-0.1, -0.05) is 5.16 Å². The van der Waals surface area contributed by atoms with E-state index >= 15 is 0 Å². The fourth-order valence-corrected chi connectivity index (χ4v) is 3.04. The Morgan fingerprint density at radius 1 is 1.60 bits per heavy atom. The Kier molecular flexibility index (Phi) is 5.43. The molecule has 1 aliphatic heterocycles. The van der Waals surface area contributed by atoms with Crippen LogP contribution in [0.2, 0.25) is 5.22 Å². The maximum absolute atomic E-state index is 12.3. The highest BCUT2D eigenvalue weighted by Gasteiger charge is 2.23. The van der Waals surface area contributed by atoms with Crippen molar-refractivity contribution in [3.05, 3.63) is 16.5 Å². The lowest BCUT2D eigenvalue weighted by molar-refractivity contribution is -0.132. The fraction of sp³-hybridized carbons (Fsp3) is 0.714. The van der Waals surface area contributed by atoms with Gasteiger partial charge in [0.2, 0.25) is 11.1 Å². The lowest BCUT2D eigenvalue weighted by atomic mass is 9.97. The van der Waals surface area contributed by atoms with Crippen molar-refractivity contribution in [1.82, 2.24) is 15.4 Å². The van der Waals surface area contributed by atoms with Crippen LogP contribution in [0.1, 0.15) is 30.5 Å². The number of carbonyl (C=O) groups is 1. The van der Waals surface area contributed by atoms with Crippen molar-refractivity contribution >= 4 is 17.5 Å². The van der Waals surface area contributed by atoms with Gasteiger partial charge in [-0.05, 0) is 57.3 Å². The van der Waals surface area contributed by atoms with Crippen molar-refractivity contribution < 1.29 is 9.32 Å². The van der Waals surface area contributed by atoms with Gasteiger partial charge in [0.25, 0.3) is 0 Å². The molecule has 1 aromatic heterocycles. The number of nitrogens with zero attached hydrogens (tertiary/aromatic N) is 2. The van der Waals surface area contributed by atoms with E-state index < -0.39 is 0 Å². The monoisotopic (exact) mass is 299 g/mol. The average Bonchev–Trinajstić information content (AvgIpc) is 2.76. The van der Waals surface area contributed by atoms with Crippen molar-refractivity contribution in [3.63, 3.8) is 0 Å². The molecule has 1 atom stereocenters. The summed E-state index contributed by atoms with van der Waals surface area (Å²) in [4.78, 5) is 14.3. The number of piperidine rings is 1. The van der Waals surface area contributed by atoms with Crippen LogP contribution in [-0.2, 0) is 11.2 Å². The summed E-state index contributed by atoms with van der Waals surface area (Å²) in [5.74, 6) is 0.765. The highest BCUT2D eigenvalue weighted by Crippen LogP contribution is 2.22. The lowest BCUT2D eigenvalue weighted by Crippen LogP contribution is -2.42. The number of halogens is 1. The van der Waals surface area contributed by atoms with Gasteiger partial charge in [0.15, 0.2) is 0 Å². The Labute approximate surface area is 124 Å². The Morgan fingerprint density at radius 3 is 3.05 bits per heavy atom. The largest absolute Gasteiger partial charge is 0.344 e. The molecule has 1 aromatic rings. The topological polar surface area (TPSA) is 58.4 Å². The van der Waals surface area contributed by atoms with Gasteiger partial charge >= 0.3 is 0 Å². The number of aromatic nitrogens is 1. The number of hydrogen-bond acceptors (Lipinski definition) is 4. The molecule has 0 aromatic carbocycles. The van der Waals surface area contributed by atoms with E-state index in [0.717, 1.165) is 37.3 Å². The first-order valence-electron chi connectivity index (χ1n) is 7.14. The van der Waals surface area contributed by atoms with E-state index in [-0.39, 0.29) is 5.91 Å². The van der Waals surface area contributed by atoms with E-state index in [2.05, 4.69) is 10.5 Å². The first-order valence-corrected chi connectivity index (χ1v) is 7.52. The lowest BCUT2D eigenvalue weighted by Gasteiger charge is -2.32. The van der Waals surface area contributed by atoms with E-state index in [4.69, 9.17) is 16.1 Å². The number of likely N-dealkylation sites (tertiary alicyclic amines) is 1. The van der Waals surface area contributed by atoms with E-state index in [1.54, 1.807) is 0 Å². The van der Waals surface area contributed by atoms with Crippen molar-refractivity contribution in [2.45, 2.75) is 32.6 Å². The molecule has 112 valence electrons. The highest BCUT2D eigenvalue weighted by molar-refractivity contribution is 6.29. The maximum atomic E-state index is 12.3. The minimum Gasteiger partial charge on any atom is -0.344 e. The molecule has 0 saturated carbocycles. The van der Waals surface area contributed by atoms with E-state index in [0.29, 0.717) is 24.0 Å². The van der Waals surface area contributed by atoms with Crippen LogP contribution < -0.4 is 5.32 Å². The summed E-state index contributed by atoms with van der Waals surface area (Å²) in [6.07, 6.45) is 3.35. The third-order valence-electron chi connectivity index (χ3n) is 3.89. The van der Waals surface area contributed by atoms with E-state index in [1.165, 1.54) is 6.42 Å². The van der Waals surface area contributed by atoms with Crippen molar-refractivity contribution in [2.75, 3.05) is 26.7 Å². The average molecular weight is 300 g/mol. The van der Waals surface area contributed by atoms with Gasteiger partial charge in [-0.25, -0.2) is 0 Å². The number of hydrogen-bond donors (Lipinski definition) is 1. The zero-order chi connectivity index (χ0) is 14.5. The zero-order valence-electron chi connectivity index (χ0n) is 12.1. The summed E-state index contributed by atoms with van der Waals surface area (Å²) in [5, 5.41) is 7.30. The Hall–Kier alpha value is -1.07. The van der Waals surface area contributed by atoms with Gasteiger partial charge in [0, 0.05) is 25.1 Å². The smallest absolute Gasteiger partial charge is 0.229 e. The molecule has 1 saturated heterocycles. The molecule has 6 heteroatoms. The number of carbonyl (C=O) groups excluding carboxylic acids is 1. The normalized spacial score (nSPS) is 19.4. The minimum atomic E-state index is 0.197. The number of amides is 1. The fourth-order valence-electron chi connectivity index (χ4n) is 2.78. The summed E-state index contributed by atoms with van der Waals surface area (Å²) in [6.45, 7) is 4.55. The second-order valence-electron chi connectivity index (χ2n) is 5.43. The molecule has 1 amide bonds. The number of nitrogens with one attached hydrogen (secondary N) is 1. The van der Waals surface area contributed by atoms with Crippen LogP contribution in [0.4, 0.5) is 0 Å². The Bertz CT molecular complexity index is 440. The summed E-state index contributed by atoms with van der Waals surface area (Å²) in [7, 11) is 1.96. The number of rotatable bonds is 5. The van der Waals surface area contributed by atoms with Crippen LogP contribution in [0.15, 0.2) is 4.52 Å². The molecule has 20 heavy (non-hydrogen) atoms. The molecule has 2 rings (SSSR count). The van der Waals surface area contributed by atoms with Crippen LogP contribution in [0, 0.1) is 12.8 Å². The third-order valence-corrected chi connectivity index (χ3v) is 4.19. The number of aryl methyl sites for hydroxylation is 1. The molecule has 0 radical (unpaired) electrons. The van der Waals surface area contributed by atoms with Gasteiger partial charge in [-0.15, -0.1) is 0 Å². The van der Waals surface area contributed by atoms with E-state index in [9.17, 15) is 4.79 Å². The molecule has 0 bridgehead atoms. The van der Waals surface area contributed by atoms with Crippen molar-refractivity contribution in [1.29, 1.82) is 0 Å². The zero-order valence-corrected chi connectivity index (χ0v) is 12.9. The quantitative estimate of drug-likeness (QED) is 0.904. The molecule has 0 aliphatic carbocycles. The van der Waals surface area contributed by atoms with Crippen LogP contribution in [0.5, 0.6) is 0 Å². The second-order valence-corrected chi connectivity index (χ2v) is 5.77. The van der Waals surface area contributed by atoms with Gasteiger partial charge in [0.05, 0.1) is 5.69 Å². The molecule has 5 nitrogen and oxygen atoms in total. The molecular weight excluding hydrogens is 278 g/mol. The summed E-state index contributed by atoms with van der Waals surface area (Å²) >= 11 is 5.92. The van der Waals surface area contributed by atoms with Gasteiger partial charge in [-0.3, -0.25) is 4.79 Å². The van der Waals surface area contributed by atoms with Crippen molar-refractivity contribution in [3.8, 4) is 0 Å². The predicted molar refractivity (Wildman–Crippen MR) is 77.8 cm³/mol. The molecule has 0 spiro atoms. The van der Waals surface area contributed by atoms with Gasteiger partial charge < -0.3 is 14.7 Å². The van der Waals surface area contributed by atoms with Crippen molar-refractivity contribution in [2.24, 2.45) is 5.92 Å². The molecule has 1 fully saturated rings. The van der Waals surface area contributed by atoms with Crippen LogP contribution in [0.3, 0.4) is 0 Å². The predicted octanol–water partition coefficient (Wildman–Crippen LogP) is 2.03. The van der Waals surface area contributed by atoms with Crippen LogP contribution >= 0.6 is 11.6 Å². The molecule has 1 unspecified atom stereocenters. The Morgan fingerprint density at radius 2 is 2.40 bits per heavy atom. The van der Waals surface area contributed by atoms with Gasteiger partial charge in [-0.2, -0.15) is 0 Å². The maximum Gasteiger partial charge on any atom is 0.229 e. The van der Waals surface area contributed by atoms with Crippen LogP contribution in [0.25, 0.3) is 0 Å². The van der Waals surface area contributed by atoms with Crippen LogP contribution in [-0.4, -0.2) is 42.6 Å². The second kappa shape index (κ2) is 7.09.